The number of rotatable bonds is 11. The summed E-state index contributed by atoms with van der Waals surface area (Å²) in [7, 11) is 0. The fourth-order valence-electron chi connectivity index (χ4n) is 2.90. The molecule has 8 heteroatoms. The molecule has 27 heavy (non-hydrogen) atoms. The standard InChI is InChI=1S/C19H35N5O2.HI/c1-3-20-19(21-8-4-10-24-15-17(2)14-23-24)22-9-5-11-26-16-18-6-12-25-13-7-18;/h14-15,18H,3-13,16H2,1-2H3,(H2,20,21,22);1H. The van der Waals surface area contributed by atoms with Crippen molar-refractivity contribution in [1.29, 1.82) is 0 Å². The highest BCUT2D eigenvalue weighted by Crippen LogP contribution is 2.14. The van der Waals surface area contributed by atoms with E-state index in [-0.39, 0.29) is 24.0 Å². The van der Waals surface area contributed by atoms with Gasteiger partial charge in [-0.2, -0.15) is 5.10 Å². The van der Waals surface area contributed by atoms with E-state index < -0.39 is 0 Å². The van der Waals surface area contributed by atoms with Gasteiger partial charge in [0.2, 0.25) is 0 Å². The second-order valence-electron chi connectivity index (χ2n) is 6.81. The molecule has 0 saturated carbocycles. The van der Waals surface area contributed by atoms with Crippen molar-refractivity contribution in [3.05, 3.63) is 18.0 Å². The van der Waals surface area contributed by atoms with Gasteiger partial charge in [0, 0.05) is 58.8 Å². The van der Waals surface area contributed by atoms with Gasteiger partial charge >= 0.3 is 0 Å². The minimum Gasteiger partial charge on any atom is -0.381 e. The van der Waals surface area contributed by atoms with Gasteiger partial charge in [-0.05, 0) is 51.0 Å². The highest BCUT2D eigenvalue weighted by Gasteiger charge is 2.13. The molecule has 0 unspecified atom stereocenters. The number of hydrogen-bond acceptors (Lipinski definition) is 4. The number of aromatic nitrogens is 2. The fraction of sp³-hybridized carbons (Fsp3) is 0.789. The number of nitrogens with one attached hydrogen (secondary N) is 2. The van der Waals surface area contributed by atoms with Crippen LogP contribution in [0, 0.1) is 12.8 Å². The quantitative estimate of drug-likeness (QED) is 0.215. The van der Waals surface area contributed by atoms with E-state index in [9.17, 15) is 0 Å². The van der Waals surface area contributed by atoms with E-state index in [4.69, 9.17) is 9.47 Å². The first kappa shape index (κ1) is 24.2. The molecular weight excluding hydrogens is 457 g/mol. The third-order valence-electron chi connectivity index (χ3n) is 4.37. The molecule has 2 rings (SSSR count). The second kappa shape index (κ2) is 15.1. The number of aliphatic imine (C=N–C) groups is 1. The van der Waals surface area contributed by atoms with E-state index in [0.29, 0.717) is 5.92 Å². The Kier molecular flexibility index (Phi) is 13.5. The molecule has 0 aromatic carbocycles. The average molecular weight is 493 g/mol. The second-order valence-corrected chi connectivity index (χ2v) is 6.81. The Morgan fingerprint density at radius 3 is 2.85 bits per heavy atom. The number of guanidine groups is 1. The molecule has 7 nitrogen and oxygen atoms in total. The van der Waals surface area contributed by atoms with Gasteiger partial charge in [0.05, 0.1) is 6.20 Å². The van der Waals surface area contributed by atoms with Crippen molar-refractivity contribution >= 4 is 29.9 Å². The summed E-state index contributed by atoms with van der Waals surface area (Å²) in [5.74, 6) is 1.56. The Morgan fingerprint density at radius 2 is 2.15 bits per heavy atom. The summed E-state index contributed by atoms with van der Waals surface area (Å²) in [5.41, 5.74) is 1.20. The minimum absolute atomic E-state index is 0. The third-order valence-corrected chi connectivity index (χ3v) is 4.37. The lowest BCUT2D eigenvalue weighted by Gasteiger charge is -2.21. The molecule has 1 saturated heterocycles. The zero-order chi connectivity index (χ0) is 18.5. The molecule has 1 aromatic heterocycles. The van der Waals surface area contributed by atoms with Crippen LogP contribution in [0.15, 0.2) is 17.4 Å². The highest BCUT2D eigenvalue weighted by molar-refractivity contribution is 14.0. The van der Waals surface area contributed by atoms with Gasteiger partial charge in [0.25, 0.3) is 0 Å². The number of nitrogens with zero attached hydrogens (tertiary/aromatic N) is 3. The molecule has 1 aliphatic rings. The fourth-order valence-corrected chi connectivity index (χ4v) is 2.90. The summed E-state index contributed by atoms with van der Waals surface area (Å²) in [6.07, 6.45) is 8.18. The van der Waals surface area contributed by atoms with Gasteiger partial charge in [-0.3, -0.25) is 9.67 Å². The topological polar surface area (TPSA) is 72.7 Å². The summed E-state index contributed by atoms with van der Waals surface area (Å²) < 4.78 is 13.1. The Morgan fingerprint density at radius 1 is 1.33 bits per heavy atom. The van der Waals surface area contributed by atoms with Crippen molar-refractivity contribution in [2.75, 3.05) is 46.1 Å². The smallest absolute Gasteiger partial charge is 0.191 e. The van der Waals surface area contributed by atoms with Crippen molar-refractivity contribution in [2.24, 2.45) is 10.9 Å². The molecule has 1 fully saturated rings. The molecule has 0 bridgehead atoms. The summed E-state index contributed by atoms with van der Waals surface area (Å²) in [4.78, 5) is 4.63. The molecule has 1 aliphatic heterocycles. The first-order valence-corrected chi connectivity index (χ1v) is 9.94. The lowest BCUT2D eigenvalue weighted by atomic mass is 10.0. The predicted octanol–water partition coefficient (Wildman–Crippen LogP) is 2.59. The first-order valence-electron chi connectivity index (χ1n) is 9.94. The summed E-state index contributed by atoms with van der Waals surface area (Å²) in [5, 5.41) is 11.0. The molecule has 0 aliphatic carbocycles. The number of aryl methyl sites for hydroxylation is 2. The van der Waals surface area contributed by atoms with E-state index in [1.165, 1.54) is 5.56 Å². The van der Waals surface area contributed by atoms with E-state index in [2.05, 4.69) is 40.8 Å². The number of hydrogen-bond donors (Lipinski definition) is 2. The van der Waals surface area contributed by atoms with Gasteiger partial charge in [0.15, 0.2) is 5.96 Å². The Bertz CT molecular complexity index is 518. The maximum atomic E-state index is 5.80. The number of ether oxygens (including phenoxy) is 2. The van der Waals surface area contributed by atoms with Crippen molar-refractivity contribution < 1.29 is 9.47 Å². The van der Waals surface area contributed by atoms with Crippen LogP contribution < -0.4 is 10.6 Å². The highest BCUT2D eigenvalue weighted by atomic mass is 127. The van der Waals surface area contributed by atoms with Crippen LogP contribution in [-0.2, 0) is 16.0 Å². The first-order chi connectivity index (χ1) is 12.8. The van der Waals surface area contributed by atoms with Gasteiger partial charge in [0.1, 0.15) is 0 Å². The summed E-state index contributed by atoms with van der Waals surface area (Å²) >= 11 is 0. The Labute approximate surface area is 180 Å². The van der Waals surface area contributed by atoms with Crippen LogP contribution in [0.1, 0.15) is 38.2 Å². The van der Waals surface area contributed by atoms with Crippen molar-refractivity contribution in [3.63, 3.8) is 0 Å². The molecule has 0 atom stereocenters. The van der Waals surface area contributed by atoms with Gasteiger partial charge in [-0.25, -0.2) is 0 Å². The molecule has 0 amide bonds. The molecule has 2 heterocycles. The molecular formula is C19H36IN5O2. The third kappa shape index (κ3) is 10.9. The van der Waals surface area contributed by atoms with Crippen LogP contribution in [0.5, 0.6) is 0 Å². The van der Waals surface area contributed by atoms with Crippen molar-refractivity contribution in [3.8, 4) is 0 Å². The average Bonchev–Trinajstić information content (AvgIpc) is 3.07. The molecule has 156 valence electrons. The normalized spacial score (nSPS) is 15.4. The lowest BCUT2D eigenvalue weighted by molar-refractivity contribution is 0.0203. The SMILES string of the molecule is CCNC(=NCCCn1cc(C)cn1)NCCCOCC1CCOCC1.I. The van der Waals surface area contributed by atoms with Crippen LogP contribution in [0.3, 0.4) is 0 Å². The van der Waals surface area contributed by atoms with Crippen molar-refractivity contribution in [1.82, 2.24) is 20.4 Å². The van der Waals surface area contributed by atoms with E-state index in [1.54, 1.807) is 0 Å². The van der Waals surface area contributed by atoms with E-state index in [1.807, 2.05) is 10.9 Å². The zero-order valence-corrected chi connectivity index (χ0v) is 19.1. The molecule has 0 radical (unpaired) electrons. The van der Waals surface area contributed by atoms with Gasteiger partial charge in [-0.15, -0.1) is 24.0 Å². The van der Waals surface area contributed by atoms with E-state index >= 15 is 0 Å². The maximum Gasteiger partial charge on any atom is 0.191 e. The number of halogens is 1. The molecule has 0 spiro atoms. The molecule has 2 N–H and O–H groups in total. The van der Waals surface area contributed by atoms with Crippen LogP contribution in [0.25, 0.3) is 0 Å². The monoisotopic (exact) mass is 493 g/mol. The predicted molar refractivity (Wildman–Crippen MR) is 120 cm³/mol. The molecule has 1 aromatic rings. The van der Waals surface area contributed by atoms with Crippen molar-refractivity contribution in [2.45, 2.75) is 46.1 Å². The van der Waals surface area contributed by atoms with Gasteiger partial charge < -0.3 is 20.1 Å². The maximum absolute atomic E-state index is 5.80. The van der Waals surface area contributed by atoms with Gasteiger partial charge in [-0.1, -0.05) is 0 Å². The lowest BCUT2D eigenvalue weighted by Crippen LogP contribution is -2.38. The van der Waals surface area contributed by atoms with Crippen LogP contribution in [-0.4, -0.2) is 61.8 Å². The summed E-state index contributed by atoms with van der Waals surface area (Å²) in [6.45, 7) is 11.0. The summed E-state index contributed by atoms with van der Waals surface area (Å²) in [6, 6.07) is 0. The van der Waals surface area contributed by atoms with Crippen LogP contribution in [0.2, 0.25) is 0 Å². The van der Waals surface area contributed by atoms with Crippen LogP contribution >= 0.6 is 24.0 Å². The Hall–Kier alpha value is -0.870. The largest absolute Gasteiger partial charge is 0.381 e. The van der Waals surface area contributed by atoms with Crippen LogP contribution in [0.4, 0.5) is 0 Å². The Balaban J connectivity index is 0.00000364. The zero-order valence-electron chi connectivity index (χ0n) is 16.8. The minimum atomic E-state index is 0. The van der Waals surface area contributed by atoms with E-state index in [0.717, 1.165) is 84.2 Å².